The van der Waals surface area contributed by atoms with E-state index in [0.717, 1.165) is 41.7 Å². The van der Waals surface area contributed by atoms with E-state index in [1.54, 1.807) is 7.11 Å². The highest BCUT2D eigenvalue weighted by Crippen LogP contribution is 2.25. The highest BCUT2D eigenvalue weighted by atomic mass is 32.1. The molecule has 0 unspecified atom stereocenters. The molecule has 1 fully saturated rings. The Hall–Kier alpha value is -2.53. The molecule has 0 saturated carbocycles. The topological polar surface area (TPSA) is 26.6 Å². The molecule has 4 nitrogen and oxygen atoms in total. The molecule has 1 aromatic heterocycles. The van der Waals surface area contributed by atoms with Crippen molar-refractivity contribution in [3.63, 3.8) is 0 Å². The SMILES string of the molecule is COc1ccc(OCCn2cc(C(=S)N3CCCCC3)c3ccccc32)cc1. The first-order valence-corrected chi connectivity index (χ1v) is 10.3. The van der Waals surface area contributed by atoms with Crippen LogP contribution in [-0.2, 0) is 6.54 Å². The van der Waals surface area contributed by atoms with Gasteiger partial charge in [-0.1, -0.05) is 30.4 Å². The minimum absolute atomic E-state index is 0.598. The lowest BCUT2D eigenvalue weighted by atomic mass is 10.1. The number of thiocarbonyl (C=S) groups is 1. The first kappa shape index (κ1) is 18.8. The van der Waals surface area contributed by atoms with Crippen LogP contribution in [0.2, 0.25) is 0 Å². The van der Waals surface area contributed by atoms with E-state index < -0.39 is 0 Å². The third kappa shape index (κ3) is 3.99. The lowest BCUT2D eigenvalue weighted by Crippen LogP contribution is -2.34. The molecule has 1 aliphatic rings. The molecule has 1 aliphatic heterocycles. The van der Waals surface area contributed by atoms with Crippen LogP contribution in [0.15, 0.2) is 54.7 Å². The van der Waals surface area contributed by atoms with Crippen LogP contribution < -0.4 is 9.47 Å². The molecular formula is C23H26N2O2S. The first-order chi connectivity index (χ1) is 13.8. The van der Waals surface area contributed by atoms with Crippen molar-refractivity contribution in [1.82, 2.24) is 9.47 Å². The summed E-state index contributed by atoms with van der Waals surface area (Å²) in [6, 6.07) is 16.2. The number of ether oxygens (including phenoxy) is 2. The third-order valence-corrected chi connectivity index (χ3v) is 5.80. The molecule has 3 aromatic rings. The minimum atomic E-state index is 0.598. The van der Waals surface area contributed by atoms with Crippen LogP contribution in [0.3, 0.4) is 0 Å². The van der Waals surface area contributed by atoms with E-state index in [9.17, 15) is 0 Å². The second-order valence-electron chi connectivity index (χ2n) is 7.13. The summed E-state index contributed by atoms with van der Waals surface area (Å²) in [6.07, 6.45) is 5.96. The van der Waals surface area contributed by atoms with E-state index in [-0.39, 0.29) is 0 Å². The summed E-state index contributed by atoms with van der Waals surface area (Å²) < 4.78 is 13.4. The zero-order valence-corrected chi connectivity index (χ0v) is 17.1. The van der Waals surface area contributed by atoms with Gasteiger partial charge in [-0.3, -0.25) is 0 Å². The van der Waals surface area contributed by atoms with E-state index >= 15 is 0 Å². The number of methoxy groups -OCH3 is 1. The van der Waals surface area contributed by atoms with Crippen LogP contribution in [0, 0.1) is 0 Å². The first-order valence-electron chi connectivity index (χ1n) is 9.90. The molecule has 0 amide bonds. The highest BCUT2D eigenvalue weighted by molar-refractivity contribution is 7.80. The minimum Gasteiger partial charge on any atom is -0.497 e. The van der Waals surface area contributed by atoms with E-state index in [0.29, 0.717) is 6.61 Å². The molecule has 2 aromatic carbocycles. The van der Waals surface area contributed by atoms with E-state index in [1.165, 1.54) is 30.2 Å². The predicted molar refractivity (Wildman–Crippen MR) is 118 cm³/mol. The lowest BCUT2D eigenvalue weighted by molar-refractivity contribution is 0.300. The second kappa shape index (κ2) is 8.65. The molecule has 146 valence electrons. The summed E-state index contributed by atoms with van der Waals surface area (Å²) >= 11 is 5.86. The molecule has 0 N–H and O–H groups in total. The molecule has 0 aliphatic carbocycles. The number of nitrogens with zero attached hydrogens (tertiary/aromatic N) is 2. The zero-order valence-electron chi connectivity index (χ0n) is 16.3. The van der Waals surface area contributed by atoms with E-state index in [4.69, 9.17) is 21.7 Å². The molecule has 0 spiro atoms. The Kier molecular flexibility index (Phi) is 5.81. The number of piperidine rings is 1. The maximum atomic E-state index is 5.92. The van der Waals surface area contributed by atoms with Gasteiger partial charge in [-0.05, 0) is 49.6 Å². The number of benzene rings is 2. The van der Waals surface area contributed by atoms with Crippen molar-refractivity contribution in [3.05, 3.63) is 60.3 Å². The van der Waals surface area contributed by atoms with Gasteiger partial charge in [0.15, 0.2) is 0 Å². The lowest BCUT2D eigenvalue weighted by Gasteiger charge is -2.28. The summed E-state index contributed by atoms with van der Waals surface area (Å²) in [5.41, 5.74) is 2.37. The fourth-order valence-electron chi connectivity index (χ4n) is 3.80. The van der Waals surface area contributed by atoms with Gasteiger partial charge in [-0.15, -0.1) is 0 Å². The molecular weight excluding hydrogens is 368 g/mol. The molecule has 28 heavy (non-hydrogen) atoms. The number of hydrogen-bond acceptors (Lipinski definition) is 3. The summed E-state index contributed by atoms with van der Waals surface area (Å²) in [6.45, 7) is 3.51. The molecule has 1 saturated heterocycles. The fraction of sp³-hybridized carbons (Fsp3) is 0.348. The monoisotopic (exact) mass is 394 g/mol. The molecule has 0 atom stereocenters. The van der Waals surface area contributed by atoms with Gasteiger partial charge >= 0.3 is 0 Å². The van der Waals surface area contributed by atoms with Crippen molar-refractivity contribution in [3.8, 4) is 11.5 Å². The van der Waals surface area contributed by atoms with Crippen molar-refractivity contribution in [2.75, 3.05) is 26.8 Å². The van der Waals surface area contributed by atoms with Crippen LogP contribution >= 0.6 is 12.2 Å². The Morgan fingerprint density at radius 3 is 2.43 bits per heavy atom. The number of aromatic nitrogens is 1. The average Bonchev–Trinajstić information content (AvgIpc) is 3.13. The summed E-state index contributed by atoms with van der Waals surface area (Å²) in [7, 11) is 1.67. The Morgan fingerprint density at radius 1 is 0.964 bits per heavy atom. The zero-order chi connectivity index (χ0) is 19.3. The summed E-state index contributed by atoms with van der Waals surface area (Å²) in [4.78, 5) is 3.34. The highest BCUT2D eigenvalue weighted by Gasteiger charge is 2.19. The smallest absolute Gasteiger partial charge is 0.119 e. The van der Waals surface area contributed by atoms with Crippen LogP contribution in [-0.4, -0.2) is 41.3 Å². The number of hydrogen-bond donors (Lipinski definition) is 0. The summed E-state index contributed by atoms with van der Waals surface area (Å²) in [5.74, 6) is 1.68. The van der Waals surface area contributed by atoms with Crippen molar-refractivity contribution >= 4 is 28.1 Å². The quantitative estimate of drug-likeness (QED) is 0.556. The number of likely N-dealkylation sites (tertiary alicyclic amines) is 1. The largest absolute Gasteiger partial charge is 0.497 e. The van der Waals surface area contributed by atoms with Gasteiger partial charge in [-0.25, -0.2) is 0 Å². The van der Waals surface area contributed by atoms with Crippen LogP contribution in [0.5, 0.6) is 11.5 Å². The second-order valence-corrected chi connectivity index (χ2v) is 7.52. The molecule has 4 rings (SSSR count). The number of rotatable bonds is 6. The number of fused-ring (bicyclic) bond motifs is 1. The van der Waals surface area contributed by atoms with Crippen molar-refractivity contribution in [1.29, 1.82) is 0 Å². The van der Waals surface area contributed by atoms with Gasteiger partial charge in [-0.2, -0.15) is 0 Å². The molecule has 5 heteroatoms. The van der Waals surface area contributed by atoms with E-state index in [1.807, 2.05) is 24.3 Å². The fourth-order valence-corrected chi connectivity index (χ4v) is 4.15. The van der Waals surface area contributed by atoms with Crippen molar-refractivity contribution < 1.29 is 9.47 Å². The van der Waals surface area contributed by atoms with E-state index in [2.05, 4.69) is 39.9 Å². The van der Waals surface area contributed by atoms with Gasteiger partial charge in [0.05, 0.1) is 13.7 Å². The van der Waals surface area contributed by atoms with Crippen molar-refractivity contribution in [2.24, 2.45) is 0 Å². The molecule has 2 heterocycles. The van der Waals surface area contributed by atoms with Crippen LogP contribution in [0.4, 0.5) is 0 Å². The van der Waals surface area contributed by atoms with Crippen LogP contribution in [0.1, 0.15) is 24.8 Å². The van der Waals surface area contributed by atoms with Gasteiger partial charge in [0.2, 0.25) is 0 Å². The normalized spacial score (nSPS) is 14.2. The van der Waals surface area contributed by atoms with Gasteiger partial charge in [0, 0.05) is 35.8 Å². The molecule has 0 radical (unpaired) electrons. The maximum absolute atomic E-state index is 5.92. The Morgan fingerprint density at radius 2 is 1.68 bits per heavy atom. The van der Waals surface area contributed by atoms with Gasteiger partial charge in [0.25, 0.3) is 0 Å². The molecule has 0 bridgehead atoms. The standard InChI is InChI=1S/C23H26N2O2S/c1-26-18-9-11-19(12-10-18)27-16-15-25-17-21(20-7-3-4-8-22(20)25)23(28)24-13-5-2-6-14-24/h3-4,7-12,17H,2,5-6,13-16H2,1H3. The Labute approximate surface area is 171 Å². The van der Waals surface area contributed by atoms with Crippen molar-refractivity contribution in [2.45, 2.75) is 25.8 Å². The maximum Gasteiger partial charge on any atom is 0.119 e. The summed E-state index contributed by atoms with van der Waals surface area (Å²) in [5, 5.41) is 1.22. The third-order valence-electron chi connectivity index (χ3n) is 5.32. The number of para-hydroxylation sites is 1. The Balaban J connectivity index is 1.49. The predicted octanol–water partition coefficient (Wildman–Crippen LogP) is 4.89. The van der Waals surface area contributed by atoms with Crippen LogP contribution in [0.25, 0.3) is 10.9 Å². The van der Waals surface area contributed by atoms with Gasteiger partial charge in [0.1, 0.15) is 23.1 Å². The average molecular weight is 395 g/mol. The Bertz CT molecular complexity index is 943. The van der Waals surface area contributed by atoms with Gasteiger partial charge < -0.3 is 18.9 Å².